The van der Waals surface area contributed by atoms with Crippen LogP contribution >= 0.6 is 0 Å². The molecule has 0 N–H and O–H groups in total. The molecular weight excluding hydrogens is 392 g/mol. The van der Waals surface area contributed by atoms with Gasteiger partial charge in [0.1, 0.15) is 5.75 Å². The van der Waals surface area contributed by atoms with Crippen LogP contribution in [-0.2, 0) is 6.42 Å². The number of aryl methyl sites for hydroxylation is 1. The van der Waals surface area contributed by atoms with E-state index in [1.54, 1.807) is 0 Å². The molecule has 3 nitrogen and oxygen atoms in total. The lowest BCUT2D eigenvalue weighted by Crippen LogP contribution is -1.97. The maximum absolute atomic E-state index is 5.89. The number of allylic oxidation sites excluding steroid dienone is 1. The van der Waals surface area contributed by atoms with Gasteiger partial charge in [0.25, 0.3) is 0 Å². The highest BCUT2D eigenvalue weighted by atomic mass is 16.5. The van der Waals surface area contributed by atoms with Crippen LogP contribution in [0, 0.1) is 0 Å². The maximum Gasteiger partial charge on any atom is 0.159 e. The number of aromatic nitrogens is 2. The van der Waals surface area contributed by atoms with Crippen LogP contribution in [0.4, 0.5) is 0 Å². The summed E-state index contributed by atoms with van der Waals surface area (Å²) in [6.45, 7) is 6.83. The third kappa shape index (κ3) is 11.5. The van der Waals surface area contributed by atoms with Gasteiger partial charge in [0.15, 0.2) is 5.82 Å². The summed E-state index contributed by atoms with van der Waals surface area (Å²) < 4.78 is 5.89. The summed E-state index contributed by atoms with van der Waals surface area (Å²) in [7, 11) is 0. The van der Waals surface area contributed by atoms with Gasteiger partial charge in [-0.05, 0) is 61.9 Å². The molecule has 1 heterocycles. The monoisotopic (exact) mass is 436 g/mol. The van der Waals surface area contributed by atoms with Gasteiger partial charge in [-0.1, -0.05) is 77.2 Å². The van der Waals surface area contributed by atoms with Crippen LogP contribution in [-0.4, -0.2) is 16.6 Å². The van der Waals surface area contributed by atoms with Crippen molar-refractivity contribution in [1.29, 1.82) is 0 Å². The minimum absolute atomic E-state index is 0.788. The molecule has 0 aliphatic rings. The molecule has 0 aliphatic heterocycles. The Balaban J connectivity index is 1.61. The Hall–Kier alpha value is -2.16. The fraction of sp³-hybridized carbons (Fsp3) is 0.586. The van der Waals surface area contributed by atoms with Crippen molar-refractivity contribution in [3.05, 3.63) is 54.9 Å². The maximum atomic E-state index is 5.89. The Morgan fingerprint density at radius 1 is 0.750 bits per heavy atom. The molecule has 1 aromatic carbocycles. The molecule has 0 spiro atoms. The largest absolute Gasteiger partial charge is 0.494 e. The highest BCUT2D eigenvalue weighted by Crippen LogP contribution is 2.20. The van der Waals surface area contributed by atoms with Crippen molar-refractivity contribution in [3.8, 4) is 17.1 Å². The fourth-order valence-electron chi connectivity index (χ4n) is 3.91. The predicted octanol–water partition coefficient (Wildman–Crippen LogP) is 8.73. The van der Waals surface area contributed by atoms with Gasteiger partial charge in [-0.2, -0.15) is 0 Å². The third-order valence-electron chi connectivity index (χ3n) is 5.96. The molecule has 1 aromatic heterocycles. The van der Waals surface area contributed by atoms with Gasteiger partial charge < -0.3 is 4.74 Å². The van der Waals surface area contributed by atoms with Crippen molar-refractivity contribution in [2.75, 3.05) is 6.61 Å². The van der Waals surface area contributed by atoms with Crippen LogP contribution in [0.3, 0.4) is 0 Å². The van der Waals surface area contributed by atoms with Crippen molar-refractivity contribution in [1.82, 2.24) is 9.97 Å². The van der Waals surface area contributed by atoms with Crippen LogP contribution in [0.2, 0.25) is 0 Å². The molecule has 3 heteroatoms. The summed E-state index contributed by atoms with van der Waals surface area (Å²) in [4.78, 5) is 9.17. The van der Waals surface area contributed by atoms with E-state index in [0.29, 0.717) is 0 Å². The first-order valence-corrected chi connectivity index (χ1v) is 13.0. The number of rotatable bonds is 19. The number of hydrogen-bond donors (Lipinski definition) is 0. The van der Waals surface area contributed by atoms with Crippen LogP contribution in [0.25, 0.3) is 11.4 Å². The number of ether oxygens (including phenoxy) is 1. The molecular formula is C29H44N2O. The summed E-state index contributed by atoms with van der Waals surface area (Å²) in [5.41, 5.74) is 2.28. The van der Waals surface area contributed by atoms with Gasteiger partial charge in [0, 0.05) is 18.0 Å². The Kier molecular flexibility index (Phi) is 14.2. The van der Waals surface area contributed by atoms with Crippen LogP contribution in [0.15, 0.2) is 49.3 Å². The Morgan fingerprint density at radius 3 is 2.00 bits per heavy atom. The molecule has 32 heavy (non-hydrogen) atoms. The van der Waals surface area contributed by atoms with Gasteiger partial charge in [0.2, 0.25) is 0 Å². The normalized spacial score (nSPS) is 10.9. The van der Waals surface area contributed by atoms with Crippen LogP contribution in [0.5, 0.6) is 5.75 Å². The summed E-state index contributed by atoms with van der Waals surface area (Å²) in [6.07, 6.45) is 25.1. The van der Waals surface area contributed by atoms with Crippen molar-refractivity contribution in [2.24, 2.45) is 0 Å². The van der Waals surface area contributed by atoms with E-state index in [9.17, 15) is 0 Å². The van der Waals surface area contributed by atoms with E-state index in [4.69, 9.17) is 4.74 Å². The molecule has 176 valence electrons. The molecule has 2 rings (SSSR count). The van der Waals surface area contributed by atoms with Gasteiger partial charge in [-0.3, -0.25) is 0 Å². The zero-order valence-corrected chi connectivity index (χ0v) is 20.4. The first kappa shape index (κ1) is 26.1. The molecule has 0 aliphatic carbocycles. The second-order valence-corrected chi connectivity index (χ2v) is 8.86. The summed E-state index contributed by atoms with van der Waals surface area (Å²) in [5.74, 6) is 1.71. The van der Waals surface area contributed by atoms with E-state index >= 15 is 0 Å². The number of hydrogen-bond acceptors (Lipinski definition) is 3. The molecule has 0 unspecified atom stereocenters. The lowest BCUT2D eigenvalue weighted by Gasteiger charge is -2.07. The second kappa shape index (κ2) is 17.4. The van der Waals surface area contributed by atoms with E-state index in [0.717, 1.165) is 43.0 Å². The van der Waals surface area contributed by atoms with E-state index in [1.807, 2.05) is 30.6 Å². The number of benzene rings is 1. The van der Waals surface area contributed by atoms with Crippen LogP contribution < -0.4 is 4.74 Å². The van der Waals surface area contributed by atoms with Gasteiger partial charge >= 0.3 is 0 Å². The first-order valence-electron chi connectivity index (χ1n) is 13.0. The van der Waals surface area contributed by atoms with E-state index in [1.165, 1.54) is 82.6 Å². The number of nitrogens with zero attached hydrogens (tertiary/aromatic N) is 2. The summed E-state index contributed by atoms with van der Waals surface area (Å²) in [6, 6.07) is 8.17. The molecule has 0 saturated carbocycles. The van der Waals surface area contributed by atoms with Gasteiger partial charge in [-0.25, -0.2) is 9.97 Å². The minimum Gasteiger partial charge on any atom is -0.494 e. The summed E-state index contributed by atoms with van der Waals surface area (Å²) in [5, 5.41) is 0. The molecule has 2 aromatic rings. The zero-order valence-electron chi connectivity index (χ0n) is 20.4. The molecule has 0 atom stereocenters. The number of unbranched alkanes of at least 4 members (excludes halogenated alkanes) is 12. The van der Waals surface area contributed by atoms with Crippen LogP contribution in [0.1, 0.15) is 102 Å². The molecule has 0 fully saturated rings. The highest BCUT2D eigenvalue weighted by Gasteiger charge is 2.03. The Bertz CT molecular complexity index is 709. The first-order chi connectivity index (χ1) is 15.8. The zero-order chi connectivity index (χ0) is 22.7. The van der Waals surface area contributed by atoms with Crippen molar-refractivity contribution in [2.45, 2.75) is 103 Å². The SMILES string of the molecule is C=CCCCCCCCCOc1ccc(-c2ncc(CCCCCCCCC)cn2)cc1. The molecule has 0 saturated heterocycles. The average Bonchev–Trinajstić information content (AvgIpc) is 2.83. The van der Waals surface area contributed by atoms with Crippen molar-refractivity contribution < 1.29 is 4.74 Å². The van der Waals surface area contributed by atoms with E-state index in [2.05, 4.69) is 35.6 Å². The standard InChI is InChI=1S/C29H44N2O/c1-3-5-7-9-11-13-15-17-23-32-28-21-19-27(20-22-28)29-30-24-26(25-31-29)18-16-14-12-10-8-6-4-2/h3,19-22,24-25H,1,4-18,23H2,2H3. The molecule has 0 amide bonds. The highest BCUT2D eigenvalue weighted by molar-refractivity contribution is 5.55. The lowest BCUT2D eigenvalue weighted by molar-refractivity contribution is 0.304. The predicted molar refractivity (Wildman–Crippen MR) is 137 cm³/mol. The Labute approximate surface area is 196 Å². The lowest BCUT2D eigenvalue weighted by atomic mass is 10.1. The van der Waals surface area contributed by atoms with E-state index in [-0.39, 0.29) is 0 Å². The second-order valence-electron chi connectivity index (χ2n) is 8.86. The van der Waals surface area contributed by atoms with Gasteiger partial charge in [-0.15, -0.1) is 6.58 Å². The fourth-order valence-corrected chi connectivity index (χ4v) is 3.91. The topological polar surface area (TPSA) is 35.0 Å². The smallest absolute Gasteiger partial charge is 0.159 e. The van der Waals surface area contributed by atoms with Crippen molar-refractivity contribution in [3.63, 3.8) is 0 Å². The summed E-state index contributed by atoms with van der Waals surface area (Å²) >= 11 is 0. The quantitative estimate of drug-likeness (QED) is 0.163. The third-order valence-corrected chi connectivity index (χ3v) is 5.96. The van der Waals surface area contributed by atoms with Gasteiger partial charge in [0.05, 0.1) is 6.61 Å². The molecule has 0 radical (unpaired) electrons. The molecule has 0 bridgehead atoms. The van der Waals surface area contributed by atoms with E-state index < -0.39 is 0 Å². The minimum atomic E-state index is 0.788. The van der Waals surface area contributed by atoms with Crippen molar-refractivity contribution >= 4 is 0 Å². The Morgan fingerprint density at radius 2 is 1.34 bits per heavy atom. The average molecular weight is 437 g/mol.